The van der Waals surface area contributed by atoms with E-state index in [1.807, 2.05) is 18.0 Å². The van der Waals surface area contributed by atoms with E-state index in [1.165, 1.54) is 11.1 Å². The molecule has 0 saturated carbocycles. The van der Waals surface area contributed by atoms with Crippen LogP contribution in [-0.2, 0) is 11.3 Å². The number of likely N-dealkylation sites (N-methyl/N-ethyl adjacent to an activating group) is 1. The number of nitrogens with zero attached hydrogens (tertiary/aromatic N) is 1. The Hall–Kier alpha value is -1.35. The van der Waals surface area contributed by atoms with Crippen LogP contribution in [0.15, 0.2) is 24.3 Å². The highest BCUT2D eigenvalue weighted by atomic mass is 16.2. The molecular weight excluding hydrogens is 200 g/mol. The van der Waals surface area contributed by atoms with Crippen LogP contribution in [0.2, 0.25) is 0 Å². The SMILES string of the molecule is CNC1CCN(Cc2cccc(C)c2)C1=O. The lowest BCUT2D eigenvalue weighted by Gasteiger charge is -2.16. The van der Waals surface area contributed by atoms with Crippen molar-refractivity contribution < 1.29 is 4.79 Å². The number of amides is 1. The van der Waals surface area contributed by atoms with Gasteiger partial charge in [-0.2, -0.15) is 0 Å². The molecule has 1 unspecified atom stereocenters. The molecule has 1 N–H and O–H groups in total. The zero-order valence-corrected chi connectivity index (χ0v) is 9.86. The standard InChI is InChI=1S/C13H18N2O/c1-10-4-3-5-11(8-10)9-15-7-6-12(14-2)13(15)16/h3-5,8,12,14H,6-7,9H2,1-2H3. The van der Waals surface area contributed by atoms with E-state index in [9.17, 15) is 4.79 Å². The lowest BCUT2D eigenvalue weighted by atomic mass is 10.1. The Morgan fingerprint density at radius 2 is 2.31 bits per heavy atom. The van der Waals surface area contributed by atoms with Gasteiger partial charge in [0.1, 0.15) is 0 Å². The van der Waals surface area contributed by atoms with Crippen molar-refractivity contribution in [2.24, 2.45) is 0 Å². The van der Waals surface area contributed by atoms with Gasteiger partial charge in [-0.25, -0.2) is 0 Å². The van der Waals surface area contributed by atoms with E-state index in [-0.39, 0.29) is 11.9 Å². The fraction of sp³-hybridized carbons (Fsp3) is 0.462. The third-order valence-corrected chi connectivity index (χ3v) is 3.10. The third kappa shape index (κ3) is 2.25. The molecule has 2 rings (SSSR count). The molecule has 16 heavy (non-hydrogen) atoms. The van der Waals surface area contributed by atoms with Crippen LogP contribution in [-0.4, -0.2) is 30.4 Å². The lowest BCUT2D eigenvalue weighted by molar-refractivity contribution is -0.129. The molecule has 86 valence electrons. The van der Waals surface area contributed by atoms with Crippen molar-refractivity contribution in [3.8, 4) is 0 Å². The molecule has 0 bridgehead atoms. The topological polar surface area (TPSA) is 32.3 Å². The number of likely N-dealkylation sites (tertiary alicyclic amines) is 1. The van der Waals surface area contributed by atoms with Crippen molar-refractivity contribution in [3.05, 3.63) is 35.4 Å². The second-order valence-corrected chi connectivity index (χ2v) is 4.38. The van der Waals surface area contributed by atoms with Crippen LogP contribution in [0.3, 0.4) is 0 Å². The van der Waals surface area contributed by atoms with Crippen molar-refractivity contribution in [3.63, 3.8) is 0 Å². The summed E-state index contributed by atoms with van der Waals surface area (Å²) in [6, 6.07) is 8.35. The second-order valence-electron chi connectivity index (χ2n) is 4.38. The van der Waals surface area contributed by atoms with Gasteiger partial charge in [0.2, 0.25) is 5.91 Å². The summed E-state index contributed by atoms with van der Waals surface area (Å²) in [5, 5.41) is 3.05. The molecule has 0 spiro atoms. The Kier molecular flexibility index (Phi) is 3.25. The van der Waals surface area contributed by atoms with Crippen molar-refractivity contribution in [2.45, 2.75) is 25.9 Å². The number of aryl methyl sites for hydroxylation is 1. The first-order chi connectivity index (χ1) is 7.70. The monoisotopic (exact) mass is 218 g/mol. The van der Waals surface area contributed by atoms with Crippen molar-refractivity contribution >= 4 is 5.91 Å². The molecule has 1 saturated heterocycles. The Morgan fingerprint density at radius 1 is 1.50 bits per heavy atom. The first-order valence-electron chi connectivity index (χ1n) is 5.72. The highest BCUT2D eigenvalue weighted by Gasteiger charge is 2.29. The largest absolute Gasteiger partial charge is 0.337 e. The van der Waals surface area contributed by atoms with E-state index in [4.69, 9.17) is 0 Å². The van der Waals surface area contributed by atoms with Crippen LogP contribution in [0.1, 0.15) is 17.5 Å². The number of nitrogens with one attached hydrogen (secondary N) is 1. The van der Waals surface area contributed by atoms with Gasteiger partial charge in [-0.1, -0.05) is 29.8 Å². The number of rotatable bonds is 3. The molecule has 1 amide bonds. The van der Waals surface area contributed by atoms with Gasteiger partial charge in [-0.3, -0.25) is 4.79 Å². The Balaban J connectivity index is 2.03. The highest BCUT2D eigenvalue weighted by Crippen LogP contribution is 2.15. The van der Waals surface area contributed by atoms with Crippen LogP contribution in [0, 0.1) is 6.92 Å². The minimum Gasteiger partial charge on any atom is -0.337 e. The number of hydrogen-bond acceptors (Lipinski definition) is 2. The number of hydrogen-bond donors (Lipinski definition) is 1. The quantitative estimate of drug-likeness (QED) is 0.829. The predicted octanol–water partition coefficient (Wildman–Crippen LogP) is 1.32. The average Bonchev–Trinajstić information content (AvgIpc) is 2.60. The van der Waals surface area contributed by atoms with Gasteiger partial charge in [0.25, 0.3) is 0 Å². The molecule has 1 fully saturated rings. The fourth-order valence-electron chi connectivity index (χ4n) is 2.19. The van der Waals surface area contributed by atoms with E-state index in [1.54, 1.807) is 0 Å². The van der Waals surface area contributed by atoms with E-state index in [2.05, 4.69) is 30.4 Å². The molecule has 1 aromatic carbocycles. The maximum absolute atomic E-state index is 11.9. The summed E-state index contributed by atoms with van der Waals surface area (Å²) in [5.74, 6) is 0.226. The molecule has 1 aliphatic heterocycles. The molecule has 1 aliphatic rings. The highest BCUT2D eigenvalue weighted by molar-refractivity contribution is 5.83. The Morgan fingerprint density at radius 3 is 2.94 bits per heavy atom. The molecule has 1 atom stereocenters. The molecule has 1 aromatic rings. The Labute approximate surface area is 96.5 Å². The zero-order chi connectivity index (χ0) is 11.5. The normalized spacial score (nSPS) is 20.5. The molecule has 1 heterocycles. The summed E-state index contributed by atoms with van der Waals surface area (Å²) >= 11 is 0. The molecule has 0 aliphatic carbocycles. The fourth-order valence-corrected chi connectivity index (χ4v) is 2.19. The summed E-state index contributed by atoms with van der Waals surface area (Å²) in [7, 11) is 1.85. The number of benzene rings is 1. The van der Waals surface area contributed by atoms with E-state index < -0.39 is 0 Å². The maximum Gasteiger partial charge on any atom is 0.240 e. The summed E-state index contributed by atoms with van der Waals surface area (Å²) in [6.45, 7) is 3.67. The first kappa shape index (κ1) is 11.1. The van der Waals surface area contributed by atoms with Crippen LogP contribution in [0.5, 0.6) is 0 Å². The summed E-state index contributed by atoms with van der Waals surface area (Å²) in [6.07, 6.45) is 0.918. The molecule has 0 radical (unpaired) electrons. The first-order valence-corrected chi connectivity index (χ1v) is 5.72. The van der Waals surface area contributed by atoms with Crippen LogP contribution in [0.4, 0.5) is 0 Å². The van der Waals surface area contributed by atoms with Gasteiger partial charge >= 0.3 is 0 Å². The average molecular weight is 218 g/mol. The molecule has 3 nitrogen and oxygen atoms in total. The molecular formula is C13H18N2O. The minimum absolute atomic E-state index is 0.0183. The van der Waals surface area contributed by atoms with Crippen LogP contribution in [0.25, 0.3) is 0 Å². The summed E-state index contributed by atoms with van der Waals surface area (Å²) in [5.41, 5.74) is 2.46. The van der Waals surface area contributed by atoms with E-state index in [0.29, 0.717) is 0 Å². The summed E-state index contributed by atoms with van der Waals surface area (Å²) in [4.78, 5) is 13.8. The van der Waals surface area contributed by atoms with Crippen LogP contribution >= 0.6 is 0 Å². The summed E-state index contributed by atoms with van der Waals surface area (Å²) < 4.78 is 0. The van der Waals surface area contributed by atoms with Crippen molar-refractivity contribution in [1.82, 2.24) is 10.2 Å². The minimum atomic E-state index is 0.0183. The van der Waals surface area contributed by atoms with E-state index in [0.717, 1.165) is 19.5 Å². The molecule has 3 heteroatoms. The predicted molar refractivity (Wildman–Crippen MR) is 64.1 cm³/mol. The Bertz CT molecular complexity index is 389. The van der Waals surface area contributed by atoms with Crippen LogP contribution < -0.4 is 5.32 Å². The van der Waals surface area contributed by atoms with E-state index >= 15 is 0 Å². The number of carbonyl (C=O) groups excluding carboxylic acids is 1. The number of carbonyl (C=O) groups is 1. The zero-order valence-electron chi connectivity index (χ0n) is 9.86. The smallest absolute Gasteiger partial charge is 0.240 e. The second kappa shape index (κ2) is 4.66. The van der Waals surface area contributed by atoms with Gasteiger partial charge in [0.05, 0.1) is 6.04 Å². The third-order valence-electron chi connectivity index (χ3n) is 3.10. The van der Waals surface area contributed by atoms with Gasteiger partial charge in [-0.05, 0) is 26.0 Å². The van der Waals surface area contributed by atoms with Crippen molar-refractivity contribution in [1.29, 1.82) is 0 Å². The molecule has 0 aromatic heterocycles. The lowest BCUT2D eigenvalue weighted by Crippen LogP contribution is -2.35. The van der Waals surface area contributed by atoms with Gasteiger partial charge in [-0.15, -0.1) is 0 Å². The van der Waals surface area contributed by atoms with Gasteiger partial charge < -0.3 is 10.2 Å². The maximum atomic E-state index is 11.9. The van der Waals surface area contributed by atoms with Gasteiger partial charge in [0.15, 0.2) is 0 Å². The van der Waals surface area contributed by atoms with Crippen molar-refractivity contribution in [2.75, 3.05) is 13.6 Å². The van der Waals surface area contributed by atoms with Gasteiger partial charge in [0, 0.05) is 13.1 Å².